The van der Waals surface area contributed by atoms with Gasteiger partial charge in [0.1, 0.15) is 18.3 Å². The summed E-state index contributed by atoms with van der Waals surface area (Å²) in [6.07, 6.45) is 2.60. The number of fused-ring (bicyclic) bond motifs is 1. The van der Waals surface area contributed by atoms with E-state index in [1.807, 2.05) is 33.8 Å². The Balaban J connectivity index is 2.31. The number of Topliss-reactive ketones (excluding diaryl/α,β-unsaturated/α-hetero) is 1. The Bertz CT molecular complexity index is 1370. The van der Waals surface area contributed by atoms with Gasteiger partial charge in [0, 0.05) is 63.9 Å². The second-order valence-corrected chi connectivity index (χ2v) is 13.8. The number of carbonyl (C=O) groups is 5. The fourth-order valence-electron chi connectivity index (χ4n) is 6.56. The van der Waals surface area contributed by atoms with Gasteiger partial charge < -0.3 is 23.7 Å². The summed E-state index contributed by atoms with van der Waals surface area (Å²) in [6.45, 7) is 19.4. The molecular weight excluding hydrogens is 606 g/mol. The molecule has 11 nitrogen and oxygen atoms in total. The third-order valence-corrected chi connectivity index (χ3v) is 8.78. The van der Waals surface area contributed by atoms with Gasteiger partial charge in [0.2, 0.25) is 0 Å². The SMILES string of the molecule is C=C1[C@H](OCC(C)C)C[C@@H](OC(=O)c2cccnc2)C(C)(C)/C=C/[C@@H](C)C(=O)[C@@]2(OC(C)=O)C[C@H](C)[C@H](OC(C)=O)[C@@H]2[C@H]1OC(C)=O. The van der Waals surface area contributed by atoms with E-state index < -0.39 is 82.8 Å². The van der Waals surface area contributed by atoms with Crippen LogP contribution in [0.5, 0.6) is 0 Å². The van der Waals surface area contributed by atoms with Crippen molar-refractivity contribution < 1.29 is 47.7 Å². The number of esters is 4. The Morgan fingerprint density at radius 3 is 2.23 bits per heavy atom. The van der Waals surface area contributed by atoms with E-state index in [0.717, 1.165) is 0 Å². The highest BCUT2D eigenvalue weighted by Crippen LogP contribution is 2.51. The van der Waals surface area contributed by atoms with Crippen LogP contribution in [0.25, 0.3) is 0 Å². The predicted molar refractivity (Wildman–Crippen MR) is 172 cm³/mol. The number of hydrogen-bond acceptors (Lipinski definition) is 11. The van der Waals surface area contributed by atoms with Crippen molar-refractivity contribution in [1.29, 1.82) is 0 Å². The highest BCUT2D eigenvalue weighted by molar-refractivity contribution is 5.93. The monoisotopic (exact) mass is 655 g/mol. The normalized spacial score (nSPS) is 31.5. The van der Waals surface area contributed by atoms with E-state index >= 15 is 0 Å². The number of ether oxygens (including phenoxy) is 5. The Hall–Kier alpha value is -3.86. The molecule has 1 heterocycles. The molecule has 0 spiro atoms. The van der Waals surface area contributed by atoms with Gasteiger partial charge in [-0.05, 0) is 29.5 Å². The van der Waals surface area contributed by atoms with Gasteiger partial charge in [0.15, 0.2) is 11.4 Å². The zero-order valence-electron chi connectivity index (χ0n) is 28.9. The van der Waals surface area contributed by atoms with Crippen molar-refractivity contribution in [2.75, 3.05) is 6.61 Å². The Morgan fingerprint density at radius 1 is 1.02 bits per heavy atom. The van der Waals surface area contributed by atoms with Crippen molar-refractivity contribution in [3.8, 4) is 0 Å². The molecule has 2 aliphatic rings. The van der Waals surface area contributed by atoms with E-state index in [1.165, 1.54) is 27.0 Å². The van der Waals surface area contributed by atoms with Gasteiger partial charge in [0.05, 0.1) is 17.6 Å². The Labute approximate surface area is 277 Å². The first-order chi connectivity index (χ1) is 21.9. The quantitative estimate of drug-likeness (QED) is 0.207. The number of carbonyl (C=O) groups excluding carboxylic acids is 5. The summed E-state index contributed by atoms with van der Waals surface area (Å²) < 4.78 is 30.3. The summed E-state index contributed by atoms with van der Waals surface area (Å²) >= 11 is 0. The average molecular weight is 656 g/mol. The van der Waals surface area contributed by atoms with Crippen LogP contribution in [0.3, 0.4) is 0 Å². The number of ketones is 1. The van der Waals surface area contributed by atoms with Crippen molar-refractivity contribution in [1.82, 2.24) is 4.98 Å². The smallest absolute Gasteiger partial charge is 0.340 e. The minimum Gasteiger partial charge on any atom is -0.462 e. The first-order valence-electron chi connectivity index (χ1n) is 16.1. The molecule has 258 valence electrons. The van der Waals surface area contributed by atoms with Gasteiger partial charge in [-0.1, -0.05) is 60.3 Å². The maximum absolute atomic E-state index is 14.6. The van der Waals surface area contributed by atoms with Crippen LogP contribution in [0.2, 0.25) is 0 Å². The summed E-state index contributed by atoms with van der Waals surface area (Å²) in [6, 6.07) is 3.23. The third kappa shape index (κ3) is 8.94. The minimum atomic E-state index is -1.84. The van der Waals surface area contributed by atoms with E-state index in [-0.39, 0.29) is 36.5 Å². The standard InChI is InChI=1S/C36H49NO10/c1-20(2)19-43-28-16-29(46-34(42)27-12-11-15-37-18-27)35(9,10)14-13-21(3)33(41)36(47-26(8)40)17-22(4)31(44-24(6)38)30(36)32(23(28)5)45-25(7)39/h11-15,18,20-22,28-32H,5,16-17,19H2,1-4,6-10H3/b14-13+/t21-,22+,28-,29-,30-,31+,32+,36-/m1/s1. The maximum Gasteiger partial charge on any atom is 0.340 e. The zero-order valence-corrected chi connectivity index (χ0v) is 28.9. The minimum absolute atomic E-state index is 0.0174. The van der Waals surface area contributed by atoms with Crippen LogP contribution in [-0.2, 0) is 42.9 Å². The van der Waals surface area contributed by atoms with Crippen LogP contribution < -0.4 is 0 Å². The molecule has 0 aliphatic heterocycles. The van der Waals surface area contributed by atoms with Crippen LogP contribution in [-0.4, -0.2) is 71.3 Å². The van der Waals surface area contributed by atoms with Crippen LogP contribution in [0, 0.1) is 29.1 Å². The van der Waals surface area contributed by atoms with Gasteiger partial charge in [-0.25, -0.2) is 4.79 Å². The van der Waals surface area contributed by atoms with Crippen LogP contribution in [0.4, 0.5) is 0 Å². The van der Waals surface area contributed by atoms with Crippen LogP contribution in [0.15, 0.2) is 48.8 Å². The molecule has 0 bridgehead atoms. The van der Waals surface area contributed by atoms with Crippen molar-refractivity contribution in [3.63, 3.8) is 0 Å². The van der Waals surface area contributed by atoms with Gasteiger partial charge in [0.25, 0.3) is 0 Å². The number of allylic oxidation sites excluding steroid dienone is 1. The van der Waals surface area contributed by atoms with Crippen molar-refractivity contribution in [2.45, 2.75) is 105 Å². The van der Waals surface area contributed by atoms with Gasteiger partial charge in [-0.2, -0.15) is 0 Å². The molecule has 11 heteroatoms. The highest BCUT2D eigenvalue weighted by atomic mass is 16.6. The molecule has 0 unspecified atom stereocenters. The lowest BCUT2D eigenvalue weighted by Crippen LogP contribution is -2.57. The molecule has 1 fully saturated rings. The van der Waals surface area contributed by atoms with Crippen molar-refractivity contribution in [2.24, 2.45) is 29.1 Å². The lowest BCUT2D eigenvalue weighted by atomic mass is 9.72. The second-order valence-electron chi connectivity index (χ2n) is 13.8. The molecule has 1 saturated carbocycles. The number of pyridine rings is 1. The molecule has 47 heavy (non-hydrogen) atoms. The third-order valence-electron chi connectivity index (χ3n) is 8.78. The van der Waals surface area contributed by atoms with E-state index in [1.54, 1.807) is 38.3 Å². The number of nitrogens with zero attached hydrogens (tertiary/aromatic N) is 1. The van der Waals surface area contributed by atoms with E-state index in [0.29, 0.717) is 0 Å². The summed E-state index contributed by atoms with van der Waals surface area (Å²) in [5, 5.41) is 0. The van der Waals surface area contributed by atoms with Gasteiger partial charge in [-0.15, -0.1) is 0 Å². The van der Waals surface area contributed by atoms with Crippen molar-refractivity contribution >= 4 is 29.7 Å². The molecule has 0 amide bonds. The molecule has 1 aromatic rings. The molecule has 3 rings (SSSR count). The van der Waals surface area contributed by atoms with E-state index in [9.17, 15) is 24.0 Å². The van der Waals surface area contributed by atoms with Gasteiger partial charge in [-0.3, -0.25) is 24.2 Å². The van der Waals surface area contributed by atoms with Crippen LogP contribution >= 0.6 is 0 Å². The average Bonchev–Trinajstić information content (AvgIpc) is 3.24. The van der Waals surface area contributed by atoms with E-state index in [2.05, 4.69) is 11.6 Å². The number of hydrogen-bond donors (Lipinski definition) is 0. The Morgan fingerprint density at radius 2 is 1.68 bits per heavy atom. The summed E-state index contributed by atoms with van der Waals surface area (Å²) in [5.74, 6) is -5.43. The van der Waals surface area contributed by atoms with Gasteiger partial charge >= 0.3 is 23.9 Å². The predicted octanol–water partition coefficient (Wildman–Crippen LogP) is 5.22. The molecule has 2 aliphatic carbocycles. The molecule has 8 atom stereocenters. The summed E-state index contributed by atoms with van der Waals surface area (Å²) in [4.78, 5) is 69.9. The highest BCUT2D eigenvalue weighted by Gasteiger charge is 2.65. The maximum atomic E-state index is 14.6. The van der Waals surface area contributed by atoms with Crippen LogP contribution in [0.1, 0.15) is 85.5 Å². The lowest BCUT2D eigenvalue weighted by molar-refractivity contribution is -0.185. The number of aromatic nitrogens is 1. The fourth-order valence-corrected chi connectivity index (χ4v) is 6.56. The van der Waals surface area contributed by atoms with Crippen molar-refractivity contribution in [3.05, 3.63) is 54.4 Å². The Kier molecular flexibility index (Phi) is 12.3. The molecule has 0 radical (unpaired) electrons. The molecule has 0 N–H and O–H groups in total. The molecule has 0 saturated heterocycles. The first-order valence-corrected chi connectivity index (χ1v) is 16.1. The molecular formula is C36H49NO10. The topological polar surface area (TPSA) is 144 Å². The molecule has 0 aromatic carbocycles. The first kappa shape index (κ1) is 37.6. The second kappa shape index (κ2) is 15.4. The number of rotatable bonds is 8. The largest absolute Gasteiger partial charge is 0.462 e. The summed E-state index contributed by atoms with van der Waals surface area (Å²) in [7, 11) is 0. The zero-order chi connectivity index (χ0) is 35.3. The van der Waals surface area contributed by atoms with E-state index in [4.69, 9.17) is 23.7 Å². The molecule has 1 aromatic heterocycles. The fraction of sp³-hybridized carbons (Fsp3) is 0.611. The summed E-state index contributed by atoms with van der Waals surface area (Å²) in [5.41, 5.74) is -2.18. The lowest BCUT2D eigenvalue weighted by Gasteiger charge is -2.43.